The van der Waals surface area contributed by atoms with Crippen LogP contribution in [0.2, 0.25) is 0 Å². The van der Waals surface area contributed by atoms with E-state index in [0.29, 0.717) is 19.0 Å². The summed E-state index contributed by atoms with van der Waals surface area (Å²) in [5.41, 5.74) is 2.34. The number of amides is 1. The first-order valence-corrected chi connectivity index (χ1v) is 5.72. The Balaban J connectivity index is 2.73. The van der Waals surface area contributed by atoms with E-state index in [0.717, 1.165) is 13.3 Å². The zero-order chi connectivity index (χ0) is 13.4. The molecule has 0 aromatic rings. The monoisotopic (exact) mass is 252 g/mol. The number of likely N-dealkylation sites (tertiary alicyclic amines) is 1. The summed E-state index contributed by atoms with van der Waals surface area (Å²) in [6, 6.07) is 0. The molecule has 3 nitrogen and oxygen atoms in total. The van der Waals surface area contributed by atoms with Crippen molar-refractivity contribution < 1.29 is 18.0 Å². The van der Waals surface area contributed by atoms with Gasteiger partial charge in [0.05, 0.1) is 0 Å². The van der Waals surface area contributed by atoms with E-state index in [1.54, 1.807) is 0 Å². The third kappa shape index (κ3) is 2.73. The summed E-state index contributed by atoms with van der Waals surface area (Å²) in [4.78, 5) is 13.0. The topological polar surface area (TPSA) is 46.3 Å². The highest BCUT2D eigenvalue weighted by molar-refractivity contribution is 5.86. The molecule has 1 amide bonds. The van der Waals surface area contributed by atoms with Crippen LogP contribution in [0.3, 0.4) is 0 Å². The van der Waals surface area contributed by atoms with Gasteiger partial charge in [-0.25, -0.2) is 0 Å². The van der Waals surface area contributed by atoms with Crippen molar-refractivity contribution in [3.8, 4) is 0 Å². The number of rotatable bonds is 2. The first kappa shape index (κ1) is 14.3. The lowest BCUT2D eigenvalue weighted by Crippen LogP contribution is -2.61. The van der Waals surface area contributed by atoms with Crippen LogP contribution in [0.1, 0.15) is 27.2 Å². The number of carbonyl (C=O) groups is 1. The largest absolute Gasteiger partial charge is 0.415 e. The van der Waals surface area contributed by atoms with Crippen molar-refractivity contribution in [1.29, 1.82) is 0 Å². The lowest BCUT2D eigenvalue weighted by Gasteiger charge is -2.31. The standard InChI is InChI=1S/C11H19F3N2O/c1-7(2)8-4-5-16(6-8)9(17)10(3,15)11(12,13)14/h7-8H,4-6,15H2,1-3H3. The molecule has 100 valence electrons. The Morgan fingerprint density at radius 3 is 2.29 bits per heavy atom. The molecule has 2 N–H and O–H groups in total. The number of carbonyl (C=O) groups excluding carboxylic acids is 1. The normalized spacial score (nSPS) is 25.2. The smallest absolute Gasteiger partial charge is 0.341 e. The van der Waals surface area contributed by atoms with Crippen LogP contribution in [0.5, 0.6) is 0 Å². The molecule has 2 atom stereocenters. The molecule has 6 heteroatoms. The van der Waals surface area contributed by atoms with Crippen LogP contribution in [0.15, 0.2) is 0 Å². The van der Waals surface area contributed by atoms with E-state index < -0.39 is 17.6 Å². The van der Waals surface area contributed by atoms with E-state index in [1.165, 1.54) is 4.90 Å². The molecule has 0 aliphatic carbocycles. The average molecular weight is 252 g/mol. The maximum Gasteiger partial charge on any atom is 0.415 e. The predicted molar refractivity (Wildman–Crippen MR) is 58.2 cm³/mol. The second-order valence-electron chi connectivity index (χ2n) is 5.24. The fraction of sp³-hybridized carbons (Fsp3) is 0.909. The van der Waals surface area contributed by atoms with Crippen molar-refractivity contribution in [2.75, 3.05) is 13.1 Å². The number of hydrogen-bond donors (Lipinski definition) is 1. The highest BCUT2D eigenvalue weighted by Gasteiger charge is 2.55. The fourth-order valence-corrected chi connectivity index (χ4v) is 1.97. The van der Waals surface area contributed by atoms with Gasteiger partial charge in [-0.3, -0.25) is 4.79 Å². The van der Waals surface area contributed by atoms with E-state index >= 15 is 0 Å². The van der Waals surface area contributed by atoms with Crippen molar-refractivity contribution in [2.45, 2.75) is 38.9 Å². The zero-order valence-corrected chi connectivity index (χ0v) is 10.3. The molecule has 1 saturated heterocycles. The molecule has 1 heterocycles. The predicted octanol–water partition coefficient (Wildman–Crippen LogP) is 1.77. The summed E-state index contributed by atoms with van der Waals surface area (Å²) in [5.74, 6) is -0.390. The van der Waals surface area contributed by atoms with Gasteiger partial charge in [0.25, 0.3) is 5.91 Å². The Kier molecular flexibility index (Phi) is 3.76. The second kappa shape index (κ2) is 4.48. The summed E-state index contributed by atoms with van der Waals surface area (Å²) in [6.45, 7) is 5.48. The van der Waals surface area contributed by atoms with Crippen molar-refractivity contribution in [2.24, 2.45) is 17.6 Å². The molecule has 1 aliphatic heterocycles. The Hall–Kier alpha value is -0.780. The third-order valence-electron chi connectivity index (χ3n) is 3.49. The number of nitrogens with two attached hydrogens (primary N) is 1. The molecule has 0 bridgehead atoms. The van der Waals surface area contributed by atoms with Crippen LogP contribution in [-0.2, 0) is 4.79 Å². The first-order valence-electron chi connectivity index (χ1n) is 5.72. The molecule has 0 radical (unpaired) electrons. The van der Waals surface area contributed by atoms with Crippen molar-refractivity contribution in [3.63, 3.8) is 0 Å². The molecule has 0 aromatic heterocycles. The van der Waals surface area contributed by atoms with Gasteiger partial charge in [-0.1, -0.05) is 13.8 Å². The number of alkyl halides is 3. The van der Waals surface area contributed by atoms with Gasteiger partial charge in [0.15, 0.2) is 5.54 Å². The van der Waals surface area contributed by atoms with E-state index in [9.17, 15) is 18.0 Å². The lowest BCUT2D eigenvalue weighted by atomic mass is 9.95. The van der Waals surface area contributed by atoms with Crippen molar-refractivity contribution >= 4 is 5.91 Å². The Morgan fingerprint density at radius 2 is 1.94 bits per heavy atom. The molecule has 1 rings (SSSR count). The van der Waals surface area contributed by atoms with Crippen molar-refractivity contribution in [3.05, 3.63) is 0 Å². The van der Waals surface area contributed by atoms with E-state index in [2.05, 4.69) is 0 Å². The summed E-state index contributed by atoms with van der Waals surface area (Å²) in [7, 11) is 0. The lowest BCUT2D eigenvalue weighted by molar-refractivity contribution is -0.193. The van der Waals surface area contributed by atoms with Gasteiger partial charge in [0, 0.05) is 13.1 Å². The number of halogens is 3. The van der Waals surface area contributed by atoms with Crippen LogP contribution in [0, 0.1) is 11.8 Å². The Bertz CT molecular complexity index is 300. The van der Waals surface area contributed by atoms with Gasteiger partial charge in [-0.05, 0) is 25.2 Å². The molecule has 0 aromatic carbocycles. The minimum absolute atomic E-state index is 0.267. The highest BCUT2D eigenvalue weighted by atomic mass is 19.4. The average Bonchev–Trinajstić information content (AvgIpc) is 2.63. The molecule has 1 fully saturated rings. The molecule has 0 spiro atoms. The van der Waals surface area contributed by atoms with Crippen LogP contribution < -0.4 is 5.73 Å². The van der Waals surface area contributed by atoms with Gasteiger partial charge in [0.2, 0.25) is 0 Å². The molecule has 1 aliphatic rings. The summed E-state index contributed by atoms with van der Waals surface area (Å²) in [6.07, 6.45) is -3.96. The summed E-state index contributed by atoms with van der Waals surface area (Å²) >= 11 is 0. The molecular weight excluding hydrogens is 233 g/mol. The van der Waals surface area contributed by atoms with Gasteiger partial charge in [-0.2, -0.15) is 13.2 Å². The maximum atomic E-state index is 12.6. The van der Waals surface area contributed by atoms with Gasteiger partial charge < -0.3 is 10.6 Å². The summed E-state index contributed by atoms with van der Waals surface area (Å²) < 4.78 is 37.9. The van der Waals surface area contributed by atoms with Crippen LogP contribution >= 0.6 is 0 Å². The van der Waals surface area contributed by atoms with Gasteiger partial charge in [0.1, 0.15) is 0 Å². The van der Waals surface area contributed by atoms with Gasteiger partial charge in [-0.15, -0.1) is 0 Å². The van der Waals surface area contributed by atoms with Crippen LogP contribution in [0.25, 0.3) is 0 Å². The molecule has 17 heavy (non-hydrogen) atoms. The summed E-state index contributed by atoms with van der Waals surface area (Å²) in [5, 5.41) is 0. The molecule has 2 unspecified atom stereocenters. The maximum absolute atomic E-state index is 12.6. The second-order valence-corrected chi connectivity index (χ2v) is 5.24. The van der Waals surface area contributed by atoms with E-state index in [1.807, 2.05) is 13.8 Å². The molecular formula is C11H19F3N2O. The quantitative estimate of drug-likeness (QED) is 0.814. The van der Waals surface area contributed by atoms with E-state index in [4.69, 9.17) is 5.73 Å². The minimum atomic E-state index is -4.71. The minimum Gasteiger partial charge on any atom is -0.341 e. The van der Waals surface area contributed by atoms with Crippen molar-refractivity contribution in [1.82, 2.24) is 4.90 Å². The third-order valence-corrected chi connectivity index (χ3v) is 3.49. The number of nitrogens with zero attached hydrogens (tertiary/aromatic N) is 1. The van der Waals surface area contributed by atoms with Gasteiger partial charge >= 0.3 is 6.18 Å². The fourth-order valence-electron chi connectivity index (χ4n) is 1.97. The number of hydrogen-bond acceptors (Lipinski definition) is 2. The molecule has 0 saturated carbocycles. The van der Waals surface area contributed by atoms with Crippen LogP contribution in [-0.4, -0.2) is 35.6 Å². The highest BCUT2D eigenvalue weighted by Crippen LogP contribution is 2.32. The zero-order valence-electron chi connectivity index (χ0n) is 10.3. The Morgan fingerprint density at radius 1 is 1.41 bits per heavy atom. The SMILES string of the molecule is CC(C)C1CCN(C(=O)C(C)(N)C(F)(F)F)C1. The van der Waals surface area contributed by atoms with Crippen LogP contribution in [0.4, 0.5) is 13.2 Å². The van der Waals surface area contributed by atoms with E-state index in [-0.39, 0.29) is 5.92 Å². The first-order chi connectivity index (χ1) is 7.57. The Labute approximate surface area is 99.1 Å².